The van der Waals surface area contributed by atoms with E-state index in [-0.39, 0.29) is 0 Å². The van der Waals surface area contributed by atoms with E-state index in [0.717, 1.165) is 23.0 Å². The highest BCUT2D eigenvalue weighted by atomic mass is 16.5. The van der Waals surface area contributed by atoms with E-state index in [1.54, 1.807) is 25.3 Å². The lowest BCUT2D eigenvalue weighted by Crippen LogP contribution is -2.11. The molecular formula is C22H26O5. The summed E-state index contributed by atoms with van der Waals surface area (Å²) in [6.07, 6.45) is 2.58. The third-order valence-corrected chi connectivity index (χ3v) is 4.00. The maximum atomic E-state index is 10.6. The van der Waals surface area contributed by atoms with Gasteiger partial charge in [-0.25, -0.2) is 4.79 Å². The molecule has 0 atom stereocenters. The van der Waals surface area contributed by atoms with Crippen LogP contribution < -0.4 is 14.2 Å². The zero-order chi connectivity index (χ0) is 19.8. The van der Waals surface area contributed by atoms with E-state index in [4.69, 9.17) is 19.3 Å². The molecule has 5 nitrogen and oxygen atoms in total. The van der Waals surface area contributed by atoms with Crippen molar-refractivity contribution >= 4 is 12.0 Å². The lowest BCUT2D eigenvalue weighted by molar-refractivity contribution is -0.131. The summed E-state index contributed by atoms with van der Waals surface area (Å²) < 4.78 is 17.0. The van der Waals surface area contributed by atoms with Crippen molar-refractivity contribution in [2.24, 2.45) is 0 Å². The molecule has 0 unspecified atom stereocenters. The molecule has 0 bridgehead atoms. The molecule has 0 heterocycles. The van der Waals surface area contributed by atoms with Crippen molar-refractivity contribution in [2.45, 2.75) is 26.7 Å². The zero-order valence-corrected chi connectivity index (χ0v) is 16.2. The van der Waals surface area contributed by atoms with E-state index in [1.165, 1.54) is 11.6 Å². The van der Waals surface area contributed by atoms with Crippen LogP contribution in [0.2, 0.25) is 0 Å². The van der Waals surface area contributed by atoms with Gasteiger partial charge in [-0.1, -0.05) is 32.0 Å². The van der Waals surface area contributed by atoms with Crippen LogP contribution in [-0.2, 0) is 4.79 Å². The van der Waals surface area contributed by atoms with Gasteiger partial charge in [0, 0.05) is 6.08 Å². The van der Waals surface area contributed by atoms with Crippen molar-refractivity contribution in [1.29, 1.82) is 0 Å². The van der Waals surface area contributed by atoms with Gasteiger partial charge in [-0.2, -0.15) is 0 Å². The number of rotatable bonds is 9. The van der Waals surface area contributed by atoms with Crippen molar-refractivity contribution in [3.8, 4) is 17.2 Å². The molecule has 0 saturated heterocycles. The summed E-state index contributed by atoms with van der Waals surface area (Å²) in [5, 5.41) is 8.71. The summed E-state index contributed by atoms with van der Waals surface area (Å²) in [5.74, 6) is 1.40. The minimum absolute atomic E-state index is 0.367. The van der Waals surface area contributed by atoms with Crippen LogP contribution in [0.4, 0.5) is 0 Å². The van der Waals surface area contributed by atoms with Crippen molar-refractivity contribution in [2.75, 3.05) is 20.3 Å². The Kier molecular flexibility index (Phi) is 7.29. The number of aryl methyl sites for hydroxylation is 1. The van der Waals surface area contributed by atoms with Gasteiger partial charge in [-0.05, 0) is 53.8 Å². The van der Waals surface area contributed by atoms with E-state index in [0.29, 0.717) is 30.6 Å². The topological polar surface area (TPSA) is 65.0 Å². The molecule has 0 aliphatic carbocycles. The van der Waals surface area contributed by atoms with Crippen molar-refractivity contribution in [3.05, 3.63) is 59.2 Å². The number of benzene rings is 2. The summed E-state index contributed by atoms with van der Waals surface area (Å²) in [6.45, 7) is 7.09. The van der Waals surface area contributed by atoms with Crippen LogP contribution >= 0.6 is 0 Å². The Balaban J connectivity index is 1.97. The molecule has 0 saturated carbocycles. The van der Waals surface area contributed by atoms with Gasteiger partial charge in [0.2, 0.25) is 0 Å². The van der Waals surface area contributed by atoms with E-state index in [9.17, 15) is 4.79 Å². The molecule has 0 amide bonds. The molecule has 0 aliphatic rings. The fraction of sp³-hybridized carbons (Fsp3) is 0.318. The Morgan fingerprint density at radius 1 is 1.04 bits per heavy atom. The Bertz CT molecular complexity index is 808. The summed E-state index contributed by atoms with van der Waals surface area (Å²) in [4.78, 5) is 10.6. The zero-order valence-electron chi connectivity index (χ0n) is 16.2. The fourth-order valence-corrected chi connectivity index (χ4v) is 2.62. The van der Waals surface area contributed by atoms with Crippen LogP contribution in [0.25, 0.3) is 6.08 Å². The maximum Gasteiger partial charge on any atom is 0.328 e. The average Bonchev–Trinajstić information content (AvgIpc) is 2.63. The molecule has 2 rings (SSSR count). The molecule has 2 aromatic carbocycles. The summed E-state index contributed by atoms with van der Waals surface area (Å²) in [6, 6.07) is 11.5. The van der Waals surface area contributed by atoms with E-state index in [1.807, 2.05) is 13.0 Å². The van der Waals surface area contributed by atoms with Gasteiger partial charge >= 0.3 is 5.97 Å². The predicted octanol–water partition coefficient (Wildman–Crippen LogP) is 4.68. The monoisotopic (exact) mass is 370 g/mol. The van der Waals surface area contributed by atoms with Gasteiger partial charge in [0.1, 0.15) is 19.0 Å². The van der Waals surface area contributed by atoms with Gasteiger partial charge in [-0.3, -0.25) is 0 Å². The summed E-state index contributed by atoms with van der Waals surface area (Å²) in [5.41, 5.74) is 3.05. The summed E-state index contributed by atoms with van der Waals surface area (Å²) in [7, 11) is 1.55. The highest BCUT2D eigenvalue weighted by Crippen LogP contribution is 2.29. The smallest absolute Gasteiger partial charge is 0.328 e. The highest BCUT2D eigenvalue weighted by Gasteiger charge is 2.09. The van der Waals surface area contributed by atoms with Crippen molar-refractivity contribution in [1.82, 2.24) is 0 Å². The first-order valence-corrected chi connectivity index (χ1v) is 8.86. The fourth-order valence-electron chi connectivity index (χ4n) is 2.62. The SMILES string of the molecule is COc1cc(C=CC(=O)O)ccc1OCCOc1cc(C)ccc1C(C)C. The minimum Gasteiger partial charge on any atom is -0.493 e. The Morgan fingerprint density at radius 2 is 1.74 bits per heavy atom. The minimum atomic E-state index is -0.997. The standard InChI is InChI=1S/C22H26O5/c1-15(2)18-8-5-16(3)13-20(18)27-12-11-26-19-9-6-17(7-10-22(23)24)14-21(19)25-4/h5-10,13-15H,11-12H2,1-4H3,(H,23,24). The Hall–Kier alpha value is -2.95. The van der Waals surface area contributed by atoms with Crippen molar-refractivity contribution < 1.29 is 24.1 Å². The Morgan fingerprint density at radius 3 is 2.37 bits per heavy atom. The first-order chi connectivity index (χ1) is 12.9. The van der Waals surface area contributed by atoms with E-state index < -0.39 is 5.97 Å². The number of methoxy groups -OCH3 is 1. The summed E-state index contributed by atoms with van der Waals surface area (Å²) >= 11 is 0. The first kappa shape index (κ1) is 20.4. The largest absolute Gasteiger partial charge is 0.493 e. The van der Waals surface area contributed by atoms with E-state index >= 15 is 0 Å². The second kappa shape index (κ2) is 9.67. The van der Waals surface area contributed by atoms with Gasteiger partial charge in [0.25, 0.3) is 0 Å². The molecule has 1 N–H and O–H groups in total. The number of hydrogen-bond acceptors (Lipinski definition) is 4. The number of ether oxygens (including phenoxy) is 3. The van der Waals surface area contributed by atoms with Gasteiger partial charge in [-0.15, -0.1) is 0 Å². The van der Waals surface area contributed by atoms with E-state index in [2.05, 4.69) is 26.0 Å². The van der Waals surface area contributed by atoms with Crippen molar-refractivity contribution in [3.63, 3.8) is 0 Å². The van der Waals surface area contributed by atoms with Gasteiger partial charge in [0.15, 0.2) is 11.5 Å². The van der Waals surface area contributed by atoms with Crippen LogP contribution in [0.1, 0.15) is 36.5 Å². The second-order valence-electron chi connectivity index (χ2n) is 6.47. The number of carbonyl (C=O) groups is 1. The number of carboxylic acid groups (broad SMARTS) is 1. The van der Waals surface area contributed by atoms with Crippen LogP contribution in [0.5, 0.6) is 17.2 Å². The molecule has 2 aromatic rings. The number of hydrogen-bond donors (Lipinski definition) is 1. The molecule has 27 heavy (non-hydrogen) atoms. The average molecular weight is 370 g/mol. The molecule has 0 fully saturated rings. The van der Waals surface area contributed by atoms with Crippen LogP contribution in [-0.4, -0.2) is 31.4 Å². The first-order valence-electron chi connectivity index (χ1n) is 8.86. The van der Waals surface area contributed by atoms with Crippen LogP contribution in [0, 0.1) is 6.92 Å². The third-order valence-electron chi connectivity index (χ3n) is 4.00. The lowest BCUT2D eigenvalue weighted by atomic mass is 10.0. The molecule has 144 valence electrons. The molecule has 0 aliphatic heterocycles. The van der Waals surface area contributed by atoms with Gasteiger partial charge < -0.3 is 19.3 Å². The predicted molar refractivity (Wildman–Crippen MR) is 106 cm³/mol. The quantitative estimate of drug-likeness (QED) is 0.513. The lowest BCUT2D eigenvalue weighted by Gasteiger charge is -2.16. The third kappa shape index (κ3) is 6.06. The van der Waals surface area contributed by atoms with Gasteiger partial charge in [0.05, 0.1) is 7.11 Å². The maximum absolute atomic E-state index is 10.6. The second-order valence-corrected chi connectivity index (χ2v) is 6.47. The molecule has 0 aromatic heterocycles. The van der Waals surface area contributed by atoms with Crippen LogP contribution in [0.3, 0.4) is 0 Å². The molecule has 0 radical (unpaired) electrons. The highest BCUT2D eigenvalue weighted by molar-refractivity contribution is 5.85. The van der Waals surface area contributed by atoms with Crippen LogP contribution in [0.15, 0.2) is 42.5 Å². The number of aliphatic carboxylic acids is 1. The molecule has 5 heteroatoms. The molecule has 0 spiro atoms. The Labute approximate surface area is 160 Å². The normalized spacial score (nSPS) is 11.0. The number of carboxylic acids is 1. The molecular weight excluding hydrogens is 344 g/mol.